The van der Waals surface area contributed by atoms with Crippen molar-refractivity contribution in [3.63, 3.8) is 0 Å². The molecule has 38 heavy (non-hydrogen) atoms. The normalized spacial score (nSPS) is 14.2. The van der Waals surface area contributed by atoms with E-state index in [9.17, 15) is 29.1 Å². The van der Waals surface area contributed by atoms with Crippen LogP contribution in [0.1, 0.15) is 24.8 Å². The van der Waals surface area contributed by atoms with Crippen LogP contribution in [0.25, 0.3) is 10.9 Å². The van der Waals surface area contributed by atoms with E-state index in [1.807, 2.05) is 30.5 Å². The number of nitrogens with two attached hydrogens (primary N) is 1. The number of carboxylic acids is 2. The molecule has 1 aromatic heterocycles. The minimum Gasteiger partial charge on any atom is -0.481 e. The number of aromatic amines is 1. The minimum atomic E-state index is -1.46. The second-order valence-electron chi connectivity index (χ2n) is 8.59. The molecule has 3 amide bonds. The maximum Gasteiger partial charge on any atom is 0.326 e. The first kappa shape index (κ1) is 31.0. The van der Waals surface area contributed by atoms with Crippen molar-refractivity contribution in [3.8, 4) is 0 Å². The van der Waals surface area contributed by atoms with E-state index in [0.29, 0.717) is 12.2 Å². The quantitative estimate of drug-likeness (QED) is 0.130. The molecule has 0 aliphatic carbocycles. The Hall–Kier alpha value is -3.23. The van der Waals surface area contributed by atoms with E-state index in [1.165, 1.54) is 11.8 Å². The van der Waals surface area contributed by atoms with E-state index in [4.69, 9.17) is 10.8 Å². The van der Waals surface area contributed by atoms with Crippen LogP contribution < -0.4 is 21.7 Å². The number of para-hydroxylation sites is 1. The topological polar surface area (TPSA) is 204 Å². The highest BCUT2D eigenvalue weighted by atomic mass is 32.2. The van der Waals surface area contributed by atoms with Gasteiger partial charge < -0.3 is 36.9 Å². The zero-order valence-corrected chi connectivity index (χ0v) is 22.5. The van der Waals surface area contributed by atoms with E-state index >= 15 is 0 Å². The molecule has 208 valence electrons. The van der Waals surface area contributed by atoms with E-state index in [2.05, 4.69) is 33.6 Å². The third-order valence-corrected chi connectivity index (χ3v) is 6.79. The number of hydrogen-bond acceptors (Lipinski definition) is 8. The molecular weight excluding hydrogens is 534 g/mol. The van der Waals surface area contributed by atoms with Crippen molar-refractivity contribution in [3.05, 3.63) is 36.0 Å². The Morgan fingerprint density at radius 3 is 2.24 bits per heavy atom. The first-order valence-electron chi connectivity index (χ1n) is 11.8. The van der Waals surface area contributed by atoms with Crippen molar-refractivity contribution in [2.45, 2.75) is 49.9 Å². The summed E-state index contributed by atoms with van der Waals surface area (Å²) in [5.41, 5.74) is 7.59. The predicted molar refractivity (Wildman–Crippen MR) is 147 cm³/mol. The fraction of sp³-hybridized carbons (Fsp3) is 0.458. The van der Waals surface area contributed by atoms with Crippen LogP contribution in [-0.4, -0.2) is 86.8 Å². The van der Waals surface area contributed by atoms with Crippen molar-refractivity contribution in [2.24, 2.45) is 5.73 Å². The number of hydrogen-bond donors (Lipinski definition) is 8. The van der Waals surface area contributed by atoms with Gasteiger partial charge in [0.1, 0.15) is 18.1 Å². The first-order chi connectivity index (χ1) is 18.1. The number of amides is 3. The minimum absolute atomic E-state index is 0.0914. The van der Waals surface area contributed by atoms with Gasteiger partial charge in [-0.15, -0.1) is 0 Å². The molecule has 1 heterocycles. The van der Waals surface area contributed by atoms with Gasteiger partial charge in [0.15, 0.2) is 0 Å². The third kappa shape index (κ3) is 9.26. The van der Waals surface area contributed by atoms with Gasteiger partial charge in [-0.3, -0.25) is 19.2 Å². The van der Waals surface area contributed by atoms with Crippen LogP contribution in [0.2, 0.25) is 0 Å². The lowest BCUT2D eigenvalue weighted by atomic mass is 10.0. The van der Waals surface area contributed by atoms with Gasteiger partial charge in [-0.25, -0.2) is 4.79 Å². The molecule has 0 saturated carbocycles. The highest BCUT2D eigenvalue weighted by Gasteiger charge is 2.30. The van der Waals surface area contributed by atoms with Crippen LogP contribution >= 0.6 is 24.4 Å². The summed E-state index contributed by atoms with van der Waals surface area (Å²) in [6, 6.07) is 2.80. The summed E-state index contributed by atoms with van der Waals surface area (Å²) in [5.74, 6) is -4.20. The number of carbonyl (C=O) groups excluding carboxylic acids is 3. The Kier molecular flexibility index (Phi) is 12.4. The lowest BCUT2D eigenvalue weighted by Gasteiger charge is -2.24. The second kappa shape index (κ2) is 15.2. The zero-order valence-electron chi connectivity index (χ0n) is 20.8. The molecule has 2 rings (SSSR count). The summed E-state index contributed by atoms with van der Waals surface area (Å²) >= 11 is 5.64. The lowest BCUT2D eigenvalue weighted by Crippen LogP contribution is -2.58. The average molecular weight is 568 g/mol. The van der Waals surface area contributed by atoms with Gasteiger partial charge >= 0.3 is 11.9 Å². The summed E-state index contributed by atoms with van der Waals surface area (Å²) in [6.07, 6.45) is 3.31. The molecule has 0 spiro atoms. The Balaban J connectivity index is 2.20. The summed E-state index contributed by atoms with van der Waals surface area (Å²) in [7, 11) is 0. The second-order valence-corrected chi connectivity index (χ2v) is 9.94. The fourth-order valence-electron chi connectivity index (χ4n) is 3.65. The molecule has 0 fully saturated rings. The Morgan fingerprint density at radius 2 is 1.61 bits per heavy atom. The number of carboxylic acid groups (broad SMARTS) is 2. The number of thioether (sulfide) groups is 1. The van der Waals surface area contributed by atoms with Crippen molar-refractivity contribution >= 4 is 65.0 Å². The van der Waals surface area contributed by atoms with Gasteiger partial charge in [-0.1, -0.05) is 18.2 Å². The molecule has 1 aromatic carbocycles. The Labute approximate surface area is 229 Å². The summed E-state index contributed by atoms with van der Waals surface area (Å²) in [6.45, 7) is 0. The SMILES string of the molecule is CSCCC(N)C(=O)NC(Cc1c[nH]c2ccccc12)C(=O)NC(CS)C(=O)NC(CCC(=O)O)C(=O)O. The maximum atomic E-state index is 13.3. The number of aliphatic carboxylic acids is 2. The standard InChI is InChI=1S/C24H33N5O7S2/c1-38-9-8-15(25)21(32)28-18(10-13-11-26-16-5-3-2-4-14(13)16)22(33)29-19(12-37)23(34)27-17(24(35)36)6-7-20(30)31/h2-5,11,15,17-19,26,37H,6-10,12,25H2,1H3,(H,27,34)(H,28,32)(H,29,33)(H,30,31)(H,35,36). The molecule has 0 saturated heterocycles. The zero-order chi connectivity index (χ0) is 28.2. The highest BCUT2D eigenvalue weighted by Crippen LogP contribution is 2.19. The van der Waals surface area contributed by atoms with E-state index in [1.54, 1.807) is 6.20 Å². The van der Waals surface area contributed by atoms with Crippen LogP contribution in [0, 0.1) is 0 Å². The monoisotopic (exact) mass is 567 g/mol. The maximum absolute atomic E-state index is 13.3. The van der Waals surface area contributed by atoms with Gasteiger partial charge in [0.05, 0.1) is 6.04 Å². The Bertz CT molecular complexity index is 1140. The molecule has 0 aliphatic heterocycles. The predicted octanol–water partition coefficient (Wildman–Crippen LogP) is 0.124. The van der Waals surface area contributed by atoms with Crippen LogP contribution in [0.4, 0.5) is 0 Å². The van der Waals surface area contributed by atoms with Gasteiger partial charge in [0.2, 0.25) is 17.7 Å². The van der Waals surface area contributed by atoms with Crippen LogP contribution in [-0.2, 0) is 30.4 Å². The van der Waals surface area contributed by atoms with Crippen molar-refractivity contribution in [1.82, 2.24) is 20.9 Å². The van der Waals surface area contributed by atoms with Crippen LogP contribution in [0.5, 0.6) is 0 Å². The molecule has 4 atom stereocenters. The molecular formula is C24H33N5O7S2. The molecule has 8 N–H and O–H groups in total. The number of carbonyl (C=O) groups is 5. The average Bonchev–Trinajstić information content (AvgIpc) is 3.29. The molecule has 12 nitrogen and oxygen atoms in total. The number of thiol groups is 1. The smallest absolute Gasteiger partial charge is 0.326 e. The number of H-pyrrole nitrogens is 1. The van der Waals surface area contributed by atoms with Crippen LogP contribution in [0.3, 0.4) is 0 Å². The molecule has 14 heteroatoms. The van der Waals surface area contributed by atoms with Crippen molar-refractivity contribution in [1.29, 1.82) is 0 Å². The Morgan fingerprint density at radius 1 is 0.974 bits per heavy atom. The number of nitrogens with one attached hydrogen (secondary N) is 4. The fourth-order valence-corrected chi connectivity index (χ4v) is 4.40. The molecule has 2 aromatic rings. The number of fused-ring (bicyclic) bond motifs is 1. The van der Waals surface area contributed by atoms with Gasteiger partial charge in [0, 0.05) is 35.7 Å². The van der Waals surface area contributed by atoms with Crippen molar-refractivity contribution < 1.29 is 34.2 Å². The first-order valence-corrected chi connectivity index (χ1v) is 13.9. The largest absolute Gasteiger partial charge is 0.481 e. The summed E-state index contributed by atoms with van der Waals surface area (Å²) in [4.78, 5) is 64.2. The third-order valence-electron chi connectivity index (χ3n) is 5.78. The molecule has 0 radical (unpaired) electrons. The summed E-state index contributed by atoms with van der Waals surface area (Å²) in [5, 5.41) is 26.4. The molecule has 0 aliphatic rings. The van der Waals surface area contributed by atoms with E-state index in [0.717, 1.165) is 16.5 Å². The van der Waals surface area contributed by atoms with Gasteiger partial charge in [0.25, 0.3) is 0 Å². The van der Waals surface area contributed by atoms with Crippen LogP contribution in [0.15, 0.2) is 30.5 Å². The van der Waals surface area contributed by atoms with Gasteiger partial charge in [-0.2, -0.15) is 24.4 Å². The van der Waals surface area contributed by atoms with Crippen molar-refractivity contribution in [2.75, 3.05) is 17.8 Å². The lowest BCUT2D eigenvalue weighted by molar-refractivity contribution is -0.143. The van der Waals surface area contributed by atoms with Gasteiger partial charge in [-0.05, 0) is 36.5 Å². The number of benzene rings is 1. The van der Waals surface area contributed by atoms with E-state index < -0.39 is 60.2 Å². The molecule has 4 unspecified atom stereocenters. The van der Waals surface area contributed by atoms with E-state index in [-0.39, 0.29) is 18.6 Å². The number of aromatic nitrogens is 1. The number of rotatable bonds is 16. The highest BCUT2D eigenvalue weighted by molar-refractivity contribution is 7.98. The molecule has 0 bridgehead atoms. The summed E-state index contributed by atoms with van der Waals surface area (Å²) < 4.78 is 0.